The maximum absolute atomic E-state index is 6.36. The van der Waals surface area contributed by atoms with Crippen LogP contribution in [-0.4, -0.2) is 19.8 Å². The first kappa shape index (κ1) is 14.8. The largest absolute Gasteiger partial charge is 0.381 e. The third-order valence-electron chi connectivity index (χ3n) is 4.40. The molecule has 2 aromatic rings. The Labute approximate surface area is 131 Å². The summed E-state index contributed by atoms with van der Waals surface area (Å²) >= 11 is 6.36. The van der Waals surface area contributed by atoms with Gasteiger partial charge in [0.05, 0.1) is 0 Å². The van der Waals surface area contributed by atoms with Crippen LogP contribution < -0.4 is 5.32 Å². The van der Waals surface area contributed by atoms with Crippen LogP contribution in [0, 0.1) is 5.92 Å². The SMILES string of the molecule is CCNC(c1ccc(Cl)c2ccccc12)C1CCOCC1. The molecule has 1 heterocycles. The summed E-state index contributed by atoms with van der Waals surface area (Å²) in [6, 6.07) is 13.0. The number of halogens is 1. The lowest BCUT2D eigenvalue weighted by Crippen LogP contribution is -2.32. The van der Waals surface area contributed by atoms with Gasteiger partial charge in [0.1, 0.15) is 0 Å². The predicted octanol–water partition coefficient (Wildman–Crippen LogP) is 4.57. The van der Waals surface area contributed by atoms with Gasteiger partial charge in [-0.25, -0.2) is 0 Å². The lowest BCUT2D eigenvalue weighted by molar-refractivity contribution is 0.0540. The number of nitrogens with one attached hydrogen (secondary N) is 1. The van der Waals surface area contributed by atoms with Crippen LogP contribution in [0.3, 0.4) is 0 Å². The number of fused-ring (bicyclic) bond motifs is 1. The zero-order valence-corrected chi connectivity index (χ0v) is 13.2. The molecule has 2 nitrogen and oxygen atoms in total. The van der Waals surface area contributed by atoms with E-state index in [9.17, 15) is 0 Å². The van der Waals surface area contributed by atoms with E-state index in [1.807, 2.05) is 6.07 Å². The van der Waals surface area contributed by atoms with Gasteiger partial charge in [-0.15, -0.1) is 0 Å². The number of ether oxygens (including phenoxy) is 1. The van der Waals surface area contributed by atoms with E-state index in [0.717, 1.165) is 43.0 Å². The van der Waals surface area contributed by atoms with E-state index in [1.165, 1.54) is 10.9 Å². The van der Waals surface area contributed by atoms with E-state index < -0.39 is 0 Å². The summed E-state index contributed by atoms with van der Waals surface area (Å²) in [5.74, 6) is 0.628. The summed E-state index contributed by atoms with van der Waals surface area (Å²) < 4.78 is 5.52. The second-order valence-corrected chi connectivity index (χ2v) is 6.07. The predicted molar refractivity (Wildman–Crippen MR) is 88.9 cm³/mol. The first-order chi connectivity index (χ1) is 10.3. The van der Waals surface area contributed by atoms with Gasteiger partial charge in [-0.1, -0.05) is 48.9 Å². The highest BCUT2D eigenvalue weighted by atomic mass is 35.5. The standard InChI is InChI=1S/C18H22ClNO/c1-2-20-18(13-9-11-21-12-10-13)16-7-8-17(19)15-6-4-3-5-14(15)16/h3-8,13,18,20H,2,9-12H2,1H3. The Hall–Kier alpha value is -1.09. The third-order valence-corrected chi connectivity index (χ3v) is 4.73. The molecule has 0 radical (unpaired) electrons. The van der Waals surface area contributed by atoms with Crippen LogP contribution in [0.4, 0.5) is 0 Å². The lowest BCUT2D eigenvalue weighted by atomic mass is 9.85. The molecule has 2 aromatic carbocycles. The fraction of sp³-hybridized carbons (Fsp3) is 0.444. The van der Waals surface area contributed by atoms with Crippen molar-refractivity contribution in [2.45, 2.75) is 25.8 Å². The Morgan fingerprint density at radius 3 is 2.57 bits per heavy atom. The third kappa shape index (κ3) is 3.08. The Balaban J connectivity index is 2.04. The van der Waals surface area contributed by atoms with Crippen molar-refractivity contribution in [3.05, 3.63) is 47.0 Å². The Bertz CT molecular complexity index is 607. The molecule has 1 aliphatic heterocycles. The zero-order valence-electron chi connectivity index (χ0n) is 12.4. The van der Waals surface area contributed by atoms with Crippen LogP contribution in [0.15, 0.2) is 36.4 Å². The molecule has 1 N–H and O–H groups in total. The van der Waals surface area contributed by atoms with Gasteiger partial charge in [0.2, 0.25) is 0 Å². The highest BCUT2D eigenvalue weighted by Crippen LogP contribution is 2.36. The number of rotatable bonds is 4. The topological polar surface area (TPSA) is 21.3 Å². The lowest BCUT2D eigenvalue weighted by Gasteiger charge is -2.32. The van der Waals surface area contributed by atoms with Gasteiger partial charge in [0.15, 0.2) is 0 Å². The van der Waals surface area contributed by atoms with E-state index in [2.05, 4.69) is 42.6 Å². The van der Waals surface area contributed by atoms with E-state index >= 15 is 0 Å². The van der Waals surface area contributed by atoms with Crippen molar-refractivity contribution in [1.82, 2.24) is 5.32 Å². The van der Waals surface area contributed by atoms with Crippen molar-refractivity contribution >= 4 is 22.4 Å². The molecule has 1 aliphatic rings. The molecule has 1 saturated heterocycles. The van der Waals surface area contributed by atoms with Gasteiger partial charge in [-0.05, 0) is 42.3 Å². The molecule has 112 valence electrons. The quantitative estimate of drug-likeness (QED) is 0.893. The maximum Gasteiger partial charge on any atom is 0.0484 e. The van der Waals surface area contributed by atoms with Crippen LogP contribution in [0.2, 0.25) is 5.02 Å². The molecule has 0 amide bonds. The highest BCUT2D eigenvalue weighted by molar-refractivity contribution is 6.35. The van der Waals surface area contributed by atoms with Gasteiger partial charge >= 0.3 is 0 Å². The monoisotopic (exact) mass is 303 g/mol. The molecule has 1 fully saturated rings. The Morgan fingerprint density at radius 2 is 1.86 bits per heavy atom. The van der Waals surface area contributed by atoms with Crippen molar-refractivity contribution < 1.29 is 4.74 Å². The summed E-state index contributed by atoms with van der Waals surface area (Å²) in [6.07, 6.45) is 2.24. The minimum Gasteiger partial charge on any atom is -0.381 e. The van der Waals surface area contributed by atoms with Gasteiger partial charge < -0.3 is 10.1 Å². The Kier molecular flexibility index (Phi) is 4.79. The zero-order chi connectivity index (χ0) is 14.7. The van der Waals surface area contributed by atoms with E-state index in [1.54, 1.807) is 0 Å². The summed E-state index contributed by atoms with van der Waals surface area (Å²) in [6.45, 7) is 4.89. The summed E-state index contributed by atoms with van der Waals surface area (Å²) in [4.78, 5) is 0. The molecule has 1 unspecified atom stereocenters. The maximum atomic E-state index is 6.36. The minimum absolute atomic E-state index is 0.376. The smallest absolute Gasteiger partial charge is 0.0484 e. The first-order valence-corrected chi connectivity index (χ1v) is 8.17. The van der Waals surface area contributed by atoms with Crippen molar-refractivity contribution in [3.63, 3.8) is 0 Å². The van der Waals surface area contributed by atoms with Gasteiger partial charge in [-0.3, -0.25) is 0 Å². The van der Waals surface area contributed by atoms with Crippen molar-refractivity contribution in [2.75, 3.05) is 19.8 Å². The number of hydrogen-bond acceptors (Lipinski definition) is 2. The van der Waals surface area contributed by atoms with E-state index in [0.29, 0.717) is 12.0 Å². The molecule has 0 spiro atoms. The second-order valence-electron chi connectivity index (χ2n) is 5.67. The van der Waals surface area contributed by atoms with Gasteiger partial charge in [-0.2, -0.15) is 0 Å². The van der Waals surface area contributed by atoms with E-state index in [-0.39, 0.29) is 0 Å². The van der Waals surface area contributed by atoms with Crippen LogP contribution >= 0.6 is 11.6 Å². The Morgan fingerprint density at radius 1 is 1.14 bits per heavy atom. The van der Waals surface area contributed by atoms with Crippen LogP contribution in [0.5, 0.6) is 0 Å². The average Bonchev–Trinajstić information content (AvgIpc) is 2.55. The average molecular weight is 304 g/mol. The normalized spacial score (nSPS) is 18.0. The molecule has 3 heteroatoms. The number of hydrogen-bond donors (Lipinski definition) is 1. The number of benzene rings is 2. The van der Waals surface area contributed by atoms with Crippen LogP contribution in [-0.2, 0) is 4.74 Å². The molecule has 0 aliphatic carbocycles. The molecule has 1 atom stereocenters. The molecule has 3 rings (SSSR count). The fourth-order valence-corrected chi connectivity index (χ4v) is 3.58. The summed E-state index contributed by atoms with van der Waals surface area (Å²) in [5.41, 5.74) is 1.36. The summed E-state index contributed by atoms with van der Waals surface area (Å²) in [7, 11) is 0. The van der Waals surface area contributed by atoms with E-state index in [4.69, 9.17) is 16.3 Å². The molecular weight excluding hydrogens is 282 g/mol. The highest BCUT2D eigenvalue weighted by Gasteiger charge is 2.26. The molecule has 21 heavy (non-hydrogen) atoms. The van der Waals surface area contributed by atoms with Gasteiger partial charge in [0, 0.05) is 29.7 Å². The van der Waals surface area contributed by atoms with Crippen LogP contribution in [0.1, 0.15) is 31.4 Å². The van der Waals surface area contributed by atoms with Crippen molar-refractivity contribution in [1.29, 1.82) is 0 Å². The fourth-order valence-electron chi connectivity index (χ4n) is 3.36. The molecule has 0 saturated carbocycles. The molecule has 0 bridgehead atoms. The second kappa shape index (κ2) is 6.78. The van der Waals surface area contributed by atoms with Crippen LogP contribution in [0.25, 0.3) is 10.8 Å². The molecule has 0 aromatic heterocycles. The van der Waals surface area contributed by atoms with Crippen molar-refractivity contribution in [2.24, 2.45) is 5.92 Å². The van der Waals surface area contributed by atoms with Crippen molar-refractivity contribution in [3.8, 4) is 0 Å². The minimum atomic E-state index is 0.376. The molecular formula is C18H22ClNO. The first-order valence-electron chi connectivity index (χ1n) is 7.79. The van der Waals surface area contributed by atoms with Gasteiger partial charge in [0.25, 0.3) is 0 Å². The summed E-state index contributed by atoms with van der Waals surface area (Å²) in [5, 5.41) is 6.92.